The molecule has 4 aromatic rings. The first-order valence-electron chi connectivity index (χ1n) is 12.3. The maximum absolute atomic E-state index is 15.1. The number of aromatic nitrogens is 2. The summed E-state index contributed by atoms with van der Waals surface area (Å²) in [5, 5.41) is 3.01. The Morgan fingerprint density at radius 2 is 1.92 bits per heavy atom. The molecule has 0 bridgehead atoms. The Balaban J connectivity index is 1.44. The number of benzene rings is 2. The number of fused-ring (bicyclic) bond motifs is 1. The number of rotatable bonds is 6. The summed E-state index contributed by atoms with van der Waals surface area (Å²) in [4.78, 5) is 49.7. The molecule has 1 aliphatic heterocycles. The van der Waals surface area contributed by atoms with Crippen LogP contribution >= 0.6 is 11.6 Å². The molecule has 5 rings (SSSR count). The zero-order valence-corrected chi connectivity index (χ0v) is 21.8. The van der Waals surface area contributed by atoms with Crippen molar-refractivity contribution in [3.63, 3.8) is 0 Å². The lowest BCUT2D eigenvalue weighted by Crippen LogP contribution is -2.45. The standard InChI is InChI=1S/C30H24ClFN4O3/c1-18-5-10-28(34-16-18)35-29(38)24-8-6-19(12-25(24)32)17-36-26(15-22-4-2-3-11-33-22)27(37)14-20-13-21(31)7-9-23(20)30(36)39/h2-13,16,26H,14-15,17H2,1H3,(H,34,35,38)/t26-/m1/s1. The quantitative estimate of drug-likeness (QED) is 0.361. The van der Waals surface area contributed by atoms with Gasteiger partial charge in [0.25, 0.3) is 11.8 Å². The van der Waals surface area contributed by atoms with Gasteiger partial charge in [-0.2, -0.15) is 0 Å². The highest BCUT2D eigenvalue weighted by Crippen LogP contribution is 2.27. The highest BCUT2D eigenvalue weighted by atomic mass is 35.5. The molecule has 0 radical (unpaired) electrons. The maximum atomic E-state index is 15.1. The predicted octanol–water partition coefficient (Wildman–Crippen LogP) is 5.21. The molecule has 0 saturated carbocycles. The van der Waals surface area contributed by atoms with Crippen molar-refractivity contribution in [1.29, 1.82) is 0 Å². The third-order valence-electron chi connectivity index (χ3n) is 6.58. The average molecular weight is 543 g/mol. The second-order valence-corrected chi connectivity index (χ2v) is 9.84. The van der Waals surface area contributed by atoms with Gasteiger partial charge in [0.2, 0.25) is 0 Å². The summed E-state index contributed by atoms with van der Waals surface area (Å²) in [6.07, 6.45) is 3.47. The molecule has 0 saturated heterocycles. The molecule has 196 valence electrons. The first-order valence-corrected chi connectivity index (χ1v) is 12.7. The summed E-state index contributed by atoms with van der Waals surface area (Å²) < 4.78 is 15.1. The highest BCUT2D eigenvalue weighted by molar-refractivity contribution is 6.30. The Kier molecular flexibility index (Phi) is 7.47. The van der Waals surface area contributed by atoms with Gasteiger partial charge in [0.15, 0.2) is 5.78 Å². The maximum Gasteiger partial charge on any atom is 0.259 e. The van der Waals surface area contributed by atoms with E-state index < -0.39 is 17.8 Å². The molecule has 1 atom stereocenters. The first kappa shape index (κ1) is 26.2. The molecule has 39 heavy (non-hydrogen) atoms. The molecule has 2 aromatic carbocycles. The monoisotopic (exact) mass is 542 g/mol. The van der Waals surface area contributed by atoms with Crippen molar-refractivity contribution in [3.05, 3.63) is 123 Å². The van der Waals surface area contributed by atoms with Crippen LogP contribution in [0.4, 0.5) is 10.2 Å². The van der Waals surface area contributed by atoms with Crippen LogP contribution in [0.1, 0.15) is 43.1 Å². The lowest BCUT2D eigenvalue weighted by atomic mass is 9.99. The number of ketones is 1. The van der Waals surface area contributed by atoms with Crippen LogP contribution in [0, 0.1) is 12.7 Å². The zero-order chi connectivity index (χ0) is 27.5. The summed E-state index contributed by atoms with van der Waals surface area (Å²) in [6, 6.07) is 17.0. The Morgan fingerprint density at radius 3 is 2.64 bits per heavy atom. The van der Waals surface area contributed by atoms with E-state index in [4.69, 9.17) is 11.6 Å². The van der Waals surface area contributed by atoms with Crippen LogP contribution in [0.25, 0.3) is 0 Å². The van der Waals surface area contributed by atoms with Gasteiger partial charge in [-0.15, -0.1) is 0 Å². The summed E-state index contributed by atoms with van der Waals surface area (Å²) in [5.74, 6) is -1.62. The minimum absolute atomic E-state index is 0.0378. The van der Waals surface area contributed by atoms with E-state index in [0.717, 1.165) is 5.56 Å². The number of amides is 2. The molecule has 1 N–H and O–H groups in total. The number of nitrogens with zero attached hydrogens (tertiary/aromatic N) is 3. The van der Waals surface area contributed by atoms with Crippen molar-refractivity contribution in [2.24, 2.45) is 0 Å². The Labute approximate surface area is 229 Å². The molecule has 0 unspecified atom stereocenters. The van der Waals surface area contributed by atoms with Gasteiger partial charge in [0.1, 0.15) is 11.6 Å². The van der Waals surface area contributed by atoms with E-state index in [1.54, 1.807) is 60.9 Å². The van der Waals surface area contributed by atoms with E-state index in [-0.39, 0.29) is 36.6 Å². The number of nitrogens with one attached hydrogen (secondary N) is 1. The normalized spacial score (nSPS) is 15.1. The average Bonchev–Trinajstić information content (AvgIpc) is 3.00. The SMILES string of the molecule is Cc1ccc(NC(=O)c2ccc(CN3C(=O)c4ccc(Cl)cc4CC(=O)[C@H]3Cc3ccccn3)cc2F)nc1. The molecule has 0 spiro atoms. The van der Waals surface area contributed by atoms with Crippen LogP contribution in [-0.2, 0) is 24.2 Å². The van der Waals surface area contributed by atoms with Crippen LogP contribution in [0.15, 0.2) is 79.1 Å². The van der Waals surface area contributed by atoms with Crippen molar-refractivity contribution in [1.82, 2.24) is 14.9 Å². The van der Waals surface area contributed by atoms with Gasteiger partial charge in [-0.25, -0.2) is 9.37 Å². The van der Waals surface area contributed by atoms with Crippen molar-refractivity contribution >= 4 is 35.0 Å². The number of Topliss-reactive ketones (excluding diaryl/α,β-unsaturated/α-hetero) is 1. The van der Waals surface area contributed by atoms with E-state index >= 15 is 4.39 Å². The van der Waals surface area contributed by atoms with Gasteiger partial charge in [0.05, 0.1) is 11.6 Å². The van der Waals surface area contributed by atoms with Gasteiger partial charge >= 0.3 is 0 Å². The number of halogens is 2. The van der Waals surface area contributed by atoms with Gasteiger partial charge in [-0.05, 0) is 72.1 Å². The third kappa shape index (κ3) is 5.86. The van der Waals surface area contributed by atoms with Crippen molar-refractivity contribution in [2.45, 2.75) is 32.4 Å². The lowest BCUT2D eigenvalue weighted by Gasteiger charge is -2.29. The van der Waals surface area contributed by atoms with Gasteiger partial charge < -0.3 is 10.2 Å². The summed E-state index contributed by atoms with van der Waals surface area (Å²) in [7, 11) is 0. The molecule has 0 fully saturated rings. The van der Waals surface area contributed by atoms with E-state index in [2.05, 4.69) is 15.3 Å². The lowest BCUT2D eigenvalue weighted by molar-refractivity contribution is -0.122. The molecule has 2 amide bonds. The van der Waals surface area contributed by atoms with Crippen molar-refractivity contribution in [2.75, 3.05) is 5.32 Å². The molecular formula is C30H24ClFN4O3. The smallest absolute Gasteiger partial charge is 0.259 e. The topological polar surface area (TPSA) is 92.3 Å². The van der Waals surface area contributed by atoms with Crippen LogP contribution in [-0.4, -0.2) is 38.5 Å². The van der Waals surface area contributed by atoms with Crippen LogP contribution in [0.5, 0.6) is 0 Å². The summed E-state index contributed by atoms with van der Waals surface area (Å²) >= 11 is 6.15. The fourth-order valence-corrected chi connectivity index (χ4v) is 4.77. The number of aryl methyl sites for hydroxylation is 1. The fourth-order valence-electron chi connectivity index (χ4n) is 4.58. The number of anilines is 1. The molecule has 1 aliphatic rings. The van der Waals surface area contributed by atoms with Gasteiger partial charge in [-0.1, -0.05) is 29.8 Å². The number of hydrogen-bond acceptors (Lipinski definition) is 5. The van der Waals surface area contributed by atoms with E-state index in [9.17, 15) is 14.4 Å². The third-order valence-corrected chi connectivity index (χ3v) is 6.82. The van der Waals surface area contributed by atoms with E-state index in [1.807, 2.05) is 13.0 Å². The van der Waals surface area contributed by atoms with Crippen molar-refractivity contribution < 1.29 is 18.8 Å². The number of pyridine rings is 2. The van der Waals surface area contributed by atoms with Crippen molar-refractivity contribution in [3.8, 4) is 0 Å². The minimum Gasteiger partial charge on any atom is -0.324 e. The zero-order valence-electron chi connectivity index (χ0n) is 21.0. The number of carbonyl (C=O) groups excluding carboxylic acids is 3. The van der Waals surface area contributed by atoms with E-state index in [0.29, 0.717) is 33.2 Å². The molecule has 9 heteroatoms. The Morgan fingerprint density at radius 1 is 1.08 bits per heavy atom. The Hall–Kier alpha value is -4.43. The minimum atomic E-state index is -0.822. The second-order valence-electron chi connectivity index (χ2n) is 9.41. The van der Waals surface area contributed by atoms with Crippen LogP contribution in [0.2, 0.25) is 5.02 Å². The molecule has 2 aromatic heterocycles. The van der Waals surface area contributed by atoms with Gasteiger partial charge in [-0.3, -0.25) is 19.4 Å². The van der Waals surface area contributed by atoms with E-state index in [1.165, 1.54) is 17.0 Å². The first-order chi connectivity index (χ1) is 18.8. The molecule has 3 heterocycles. The second kappa shape index (κ2) is 11.1. The largest absolute Gasteiger partial charge is 0.324 e. The summed E-state index contributed by atoms with van der Waals surface area (Å²) in [6.45, 7) is 1.83. The molecule has 7 nitrogen and oxygen atoms in total. The summed E-state index contributed by atoms with van der Waals surface area (Å²) in [5.41, 5.74) is 2.77. The number of carbonyl (C=O) groups is 3. The van der Waals surface area contributed by atoms with Gasteiger partial charge in [0, 0.05) is 48.1 Å². The Bertz CT molecular complexity index is 1560. The molecule has 0 aliphatic carbocycles. The fraction of sp³-hybridized carbons (Fsp3) is 0.167. The number of hydrogen-bond donors (Lipinski definition) is 1. The van der Waals surface area contributed by atoms with Crippen LogP contribution < -0.4 is 5.32 Å². The van der Waals surface area contributed by atoms with Crippen LogP contribution in [0.3, 0.4) is 0 Å². The molecular weight excluding hydrogens is 519 g/mol. The highest BCUT2D eigenvalue weighted by Gasteiger charge is 2.36. The predicted molar refractivity (Wildman–Crippen MR) is 145 cm³/mol.